The van der Waals surface area contributed by atoms with Crippen LogP contribution in [-0.4, -0.2) is 30.5 Å². The Morgan fingerprint density at radius 2 is 2.00 bits per heavy atom. The zero-order valence-electron chi connectivity index (χ0n) is 9.05. The largest absolute Gasteiger partial charge is 0.370 e. The molecular formula is C10H22N2OS. The number of amides is 1. The molecule has 0 radical (unpaired) electrons. The van der Waals surface area contributed by atoms with E-state index in [-0.39, 0.29) is 5.91 Å². The molecule has 0 fully saturated rings. The molecule has 0 heterocycles. The number of rotatable bonds is 10. The number of primary amides is 1. The van der Waals surface area contributed by atoms with E-state index < -0.39 is 0 Å². The van der Waals surface area contributed by atoms with Gasteiger partial charge in [0, 0.05) is 6.42 Å². The molecule has 4 heteroatoms. The van der Waals surface area contributed by atoms with Gasteiger partial charge in [-0.15, -0.1) is 0 Å². The number of nitrogens with two attached hydrogens (primary N) is 1. The Labute approximate surface area is 91.2 Å². The van der Waals surface area contributed by atoms with Gasteiger partial charge in [0.15, 0.2) is 0 Å². The van der Waals surface area contributed by atoms with Gasteiger partial charge in [-0.05, 0) is 43.9 Å². The smallest absolute Gasteiger partial charge is 0.217 e. The van der Waals surface area contributed by atoms with Crippen LogP contribution >= 0.6 is 11.8 Å². The van der Waals surface area contributed by atoms with E-state index in [1.807, 2.05) is 11.8 Å². The number of thioether (sulfide) groups is 1. The molecule has 0 aromatic rings. The summed E-state index contributed by atoms with van der Waals surface area (Å²) in [6.45, 7) is 4.27. The van der Waals surface area contributed by atoms with Gasteiger partial charge in [0.05, 0.1) is 0 Å². The van der Waals surface area contributed by atoms with Gasteiger partial charge in [-0.25, -0.2) is 0 Å². The maximum Gasteiger partial charge on any atom is 0.217 e. The lowest BCUT2D eigenvalue weighted by Gasteiger charge is -2.03. The molecule has 0 atom stereocenters. The van der Waals surface area contributed by atoms with E-state index >= 15 is 0 Å². The average Bonchev–Trinajstić information content (AvgIpc) is 2.15. The van der Waals surface area contributed by atoms with E-state index in [0.29, 0.717) is 6.42 Å². The Morgan fingerprint density at radius 1 is 1.29 bits per heavy atom. The van der Waals surface area contributed by atoms with Gasteiger partial charge in [0.2, 0.25) is 5.91 Å². The molecule has 3 nitrogen and oxygen atoms in total. The Kier molecular flexibility index (Phi) is 10.7. The molecule has 0 spiro atoms. The van der Waals surface area contributed by atoms with Crippen molar-refractivity contribution in [3.8, 4) is 0 Å². The lowest BCUT2D eigenvalue weighted by atomic mass is 10.2. The van der Waals surface area contributed by atoms with Crippen LogP contribution in [0.15, 0.2) is 0 Å². The highest BCUT2D eigenvalue weighted by Crippen LogP contribution is 1.99. The van der Waals surface area contributed by atoms with Crippen molar-refractivity contribution >= 4 is 17.7 Å². The second-order valence-corrected chi connectivity index (χ2v) is 4.62. The predicted molar refractivity (Wildman–Crippen MR) is 63.5 cm³/mol. The number of unbranched alkanes of at least 4 members (excludes halogenated alkanes) is 1. The highest BCUT2D eigenvalue weighted by atomic mass is 32.2. The molecular weight excluding hydrogens is 196 g/mol. The summed E-state index contributed by atoms with van der Waals surface area (Å²) in [5.41, 5.74) is 5.03. The highest BCUT2D eigenvalue weighted by molar-refractivity contribution is 7.99. The van der Waals surface area contributed by atoms with Gasteiger partial charge >= 0.3 is 0 Å². The SMILES string of the molecule is CCSCCCNCCCCC(N)=O. The van der Waals surface area contributed by atoms with Crippen molar-refractivity contribution in [3.05, 3.63) is 0 Å². The second-order valence-electron chi connectivity index (χ2n) is 3.22. The molecule has 0 saturated carbocycles. The maximum atomic E-state index is 10.4. The molecule has 3 N–H and O–H groups in total. The first-order valence-corrected chi connectivity index (χ1v) is 6.49. The van der Waals surface area contributed by atoms with Gasteiger partial charge in [-0.2, -0.15) is 11.8 Å². The van der Waals surface area contributed by atoms with E-state index in [0.717, 1.165) is 25.9 Å². The molecule has 1 amide bonds. The van der Waals surface area contributed by atoms with Crippen LogP contribution in [0.5, 0.6) is 0 Å². The zero-order chi connectivity index (χ0) is 10.6. The summed E-state index contributed by atoms with van der Waals surface area (Å²) in [7, 11) is 0. The molecule has 0 aliphatic carbocycles. The summed E-state index contributed by atoms with van der Waals surface area (Å²) in [5, 5.41) is 3.35. The molecule has 0 saturated heterocycles. The van der Waals surface area contributed by atoms with E-state index in [1.165, 1.54) is 17.9 Å². The van der Waals surface area contributed by atoms with Crippen molar-refractivity contribution in [2.24, 2.45) is 5.73 Å². The molecule has 0 rings (SSSR count). The molecule has 0 aromatic heterocycles. The Balaban J connectivity index is 2.88. The van der Waals surface area contributed by atoms with Crippen LogP contribution in [0.4, 0.5) is 0 Å². The quantitative estimate of drug-likeness (QED) is 0.545. The number of carbonyl (C=O) groups excluding carboxylic acids is 1. The highest BCUT2D eigenvalue weighted by Gasteiger charge is 1.93. The fourth-order valence-corrected chi connectivity index (χ4v) is 1.75. The van der Waals surface area contributed by atoms with Crippen molar-refractivity contribution < 1.29 is 4.79 Å². The molecule has 0 bridgehead atoms. The molecule has 0 aliphatic heterocycles. The minimum Gasteiger partial charge on any atom is -0.370 e. The summed E-state index contributed by atoms with van der Waals surface area (Å²) in [6.07, 6.45) is 3.71. The van der Waals surface area contributed by atoms with Gasteiger partial charge in [0.1, 0.15) is 0 Å². The molecule has 0 unspecified atom stereocenters. The zero-order valence-corrected chi connectivity index (χ0v) is 9.87. The standard InChI is InChI=1S/C10H22N2OS/c1-2-14-9-5-8-12-7-4-3-6-10(11)13/h12H,2-9H2,1H3,(H2,11,13). The van der Waals surface area contributed by atoms with Crippen LogP contribution in [0.3, 0.4) is 0 Å². The van der Waals surface area contributed by atoms with Gasteiger partial charge in [0.25, 0.3) is 0 Å². The van der Waals surface area contributed by atoms with Crippen LogP contribution in [0.25, 0.3) is 0 Å². The molecule has 0 aromatic carbocycles. The first kappa shape index (κ1) is 13.8. The van der Waals surface area contributed by atoms with Crippen molar-refractivity contribution in [1.29, 1.82) is 0 Å². The van der Waals surface area contributed by atoms with Gasteiger partial charge in [-0.3, -0.25) is 4.79 Å². The van der Waals surface area contributed by atoms with Gasteiger partial charge < -0.3 is 11.1 Å². The van der Waals surface area contributed by atoms with Crippen molar-refractivity contribution in [2.45, 2.75) is 32.6 Å². The predicted octanol–water partition coefficient (Wildman–Crippen LogP) is 1.37. The number of nitrogens with one attached hydrogen (secondary N) is 1. The summed E-state index contributed by atoms with van der Waals surface area (Å²) >= 11 is 1.98. The number of hydrogen-bond acceptors (Lipinski definition) is 3. The maximum absolute atomic E-state index is 10.4. The van der Waals surface area contributed by atoms with Crippen molar-refractivity contribution in [3.63, 3.8) is 0 Å². The number of hydrogen-bond donors (Lipinski definition) is 2. The molecule has 84 valence electrons. The van der Waals surface area contributed by atoms with Crippen molar-refractivity contribution in [2.75, 3.05) is 24.6 Å². The van der Waals surface area contributed by atoms with Crippen LogP contribution in [0, 0.1) is 0 Å². The molecule has 0 aliphatic rings. The lowest BCUT2D eigenvalue weighted by molar-refractivity contribution is -0.118. The summed E-state index contributed by atoms with van der Waals surface area (Å²) in [6, 6.07) is 0. The Bertz CT molecular complexity index is 142. The average molecular weight is 218 g/mol. The van der Waals surface area contributed by atoms with Crippen LogP contribution in [0.2, 0.25) is 0 Å². The minimum atomic E-state index is -0.190. The Hall–Kier alpha value is -0.220. The summed E-state index contributed by atoms with van der Waals surface area (Å²) in [4.78, 5) is 10.4. The fourth-order valence-electron chi connectivity index (χ4n) is 1.12. The lowest BCUT2D eigenvalue weighted by Crippen LogP contribution is -2.18. The van der Waals surface area contributed by atoms with E-state index in [4.69, 9.17) is 5.73 Å². The fraction of sp³-hybridized carbons (Fsp3) is 0.900. The van der Waals surface area contributed by atoms with Crippen LogP contribution in [0.1, 0.15) is 32.6 Å². The van der Waals surface area contributed by atoms with E-state index in [9.17, 15) is 4.79 Å². The summed E-state index contributed by atoms with van der Waals surface area (Å²) in [5.74, 6) is 2.26. The minimum absolute atomic E-state index is 0.190. The first-order valence-electron chi connectivity index (χ1n) is 5.34. The topological polar surface area (TPSA) is 55.1 Å². The molecule has 14 heavy (non-hydrogen) atoms. The third-order valence-corrected chi connectivity index (χ3v) is 2.86. The number of carbonyl (C=O) groups is 1. The van der Waals surface area contributed by atoms with Crippen LogP contribution in [-0.2, 0) is 4.79 Å². The summed E-state index contributed by atoms with van der Waals surface area (Å²) < 4.78 is 0. The second kappa shape index (κ2) is 10.9. The van der Waals surface area contributed by atoms with E-state index in [1.54, 1.807) is 0 Å². The van der Waals surface area contributed by atoms with Crippen LogP contribution < -0.4 is 11.1 Å². The normalized spacial score (nSPS) is 10.4. The van der Waals surface area contributed by atoms with E-state index in [2.05, 4.69) is 12.2 Å². The van der Waals surface area contributed by atoms with Gasteiger partial charge in [-0.1, -0.05) is 6.92 Å². The monoisotopic (exact) mass is 218 g/mol. The van der Waals surface area contributed by atoms with Crippen molar-refractivity contribution in [1.82, 2.24) is 5.32 Å². The third-order valence-electron chi connectivity index (χ3n) is 1.87. The first-order chi connectivity index (χ1) is 6.77. The Morgan fingerprint density at radius 3 is 2.64 bits per heavy atom. The third kappa shape index (κ3) is 11.8.